The minimum atomic E-state index is 0.363. The maximum absolute atomic E-state index is 5.75. The van der Waals surface area contributed by atoms with Crippen molar-refractivity contribution in [3.8, 4) is 5.82 Å². The molecule has 2 aromatic rings. The third-order valence-corrected chi connectivity index (χ3v) is 2.29. The van der Waals surface area contributed by atoms with Crippen LogP contribution in [-0.4, -0.2) is 26.1 Å². The van der Waals surface area contributed by atoms with Gasteiger partial charge in [0.1, 0.15) is 24.1 Å². The first kappa shape index (κ1) is 11.5. The molecule has 17 heavy (non-hydrogen) atoms. The Morgan fingerprint density at radius 2 is 2.24 bits per heavy atom. The number of aromatic nitrogens is 4. The van der Waals surface area contributed by atoms with Gasteiger partial charge in [0.2, 0.25) is 0 Å². The van der Waals surface area contributed by atoms with Gasteiger partial charge in [0.15, 0.2) is 5.82 Å². The molecule has 0 aliphatic carbocycles. The van der Waals surface area contributed by atoms with Crippen molar-refractivity contribution in [3.63, 3.8) is 0 Å². The van der Waals surface area contributed by atoms with Crippen LogP contribution in [0.1, 0.15) is 18.6 Å². The number of nitrogen functional groups attached to an aromatic ring is 1. The SMILES string of the molecule is CCOCc1nc(N)cc(-n2ccnc2C)n1. The number of rotatable bonds is 4. The van der Waals surface area contributed by atoms with E-state index >= 15 is 0 Å². The molecule has 0 aliphatic rings. The van der Waals surface area contributed by atoms with Crippen molar-refractivity contribution < 1.29 is 4.74 Å². The molecular weight excluding hydrogens is 218 g/mol. The number of imidazole rings is 1. The molecule has 0 aliphatic heterocycles. The second kappa shape index (κ2) is 4.92. The van der Waals surface area contributed by atoms with Crippen molar-refractivity contribution in [2.75, 3.05) is 12.3 Å². The van der Waals surface area contributed by atoms with Crippen molar-refractivity contribution in [2.45, 2.75) is 20.5 Å². The molecule has 2 N–H and O–H groups in total. The fraction of sp³-hybridized carbons (Fsp3) is 0.364. The first-order valence-electron chi connectivity index (χ1n) is 5.42. The first-order valence-corrected chi connectivity index (χ1v) is 5.42. The summed E-state index contributed by atoms with van der Waals surface area (Å²) < 4.78 is 7.13. The lowest BCUT2D eigenvalue weighted by molar-refractivity contribution is 0.128. The highest BCUT2D eigenvalue weighted by Crippen LogP contribution is 2.11. The molecule has 0 aromatic carbocycles. The standard InChI is InChI=1S/C11H15N5O/c1-3-17-7-10-14-9(12)6-11(15-10)16-5-4-13-8(16)2/h4-6H,3,7H2,1-2H3,(H2,12,14,15). The molecular formula is C11H15N5O. The third kappa shape index (κ3) is 2.59. The van der Waals surface area contributed by atoms with E-state index in [9.17, 15) is 0 Å². The van der Waals surface area contributed by atoms with E-state index in [1.54, 1.807) is 12.3 Å². The Morgan fingerprint density at radius 3 is 2.88 bits per heavy atom. The van der Waals surface area contributed by atoms with Gasteiger partial charge in [-0.3, -0.25) is 4.57 Å². The number of aryl methyl sites for hydroxylation is 1. The van der Waals surface area contributed by atoms with Crippen LogP contribution in [0.4, 0.5) is 5.82 Å². The van der Waals surface area contributed by atoms with Crippen LogP contribution in [0.5, 0.6) is 0 Å². The highest BCUT2D eigenvalue weighted by atomic mass is 16.5. The van der Waals surface area contributed by atoms with Gasteiger partial charge in [0, 0.05) is 25.1 Å². The zero-order valence-corrected chi connectivity index (χ0v) is 9.92. The first-order chi connectivity index (χ1) is 8.20. The lowest BCUT2D eigenvalue weighted by Gasteiger charge is -2.07. The van der Waals surface area contributed by atoms with Crippen molar-refractivity contribution in [1.29, 1.82) is 0 Å². The number of nitrogens with two attached hydrogens (primary N) is 1. The van der Waals surface area contributed by atoms with Crippen LogP contribution in [0.25, 0.3) is 5.82 Å². The van der Waals surface area contributed by atoms with Gasteiger partial charge in [0.25, 0.3) is 0 Å². The summed E-state index contributed by atoms with van der Waals surface area (Å²) in [5, 5.41) is 0. The molecule has 0 radical (unpaired) electrons. The predicted octanol–water partition coefficient (Wildman–Crippen LogP) is 1.09. The van der Waals surface area contributed by atoms with Gasteiger partial charge in [-0.1, -0.05) is 0 Å². The zero-order valence-electron chi connectivity index (χ0n) is 9.92. The summed E-state index contributed by atoms with van der Waals surface area (Å²) in [6.07, 6.45) is 3.55. The van der Waals surface area contributed by atoms with E-state index in [-0.39, 0.29) is 0 Å². The van der Waals surface area contributed by atoms with Gasteiger partial charge in [-0.25, -0.2) is 15.0 Å². The zero-order chi connectivity index (χ0) is 12.3. The van der Waals surface area contributed by atoms with Crippen LogP contribution < -0.4 is 5.73 Å². The summed E-state index contributed by atoms with van der Waals surface area (Å²) in [7, 11) is 0. The largest absolute Gasteiger partial charge is 0.384 e. The average molecular weight is 233 g/mol. The summed E-state index contributed by atoms with van der Waals surface area (Å²) in [5.41, 5.74) is 5.75. The van der Waals surface area contributed by atoms with Crippen LogP contribution in [0.15, 0.2) is 18.5 Å². The fourth-order valence-corrected chi connectivity index (χ4v) is 1.50. The second-order valence-corrected chi connectivity index (χ2v) is 3.55. The fourth-order valence-electron chi connectivity index (χ4n) is 1.50. The van der Waals surface area contributed by atoms with E-state index in [1.165, 1.54) is 0 Å². The number of nitrogens with zero attached hydrogens (tertiary/aromatic N) is 4. The minimum Gasteiger partial charge on any atom is -0.384 e. The van der Waals surface area contributed by atoms with Crippen LogP contribution >= 0.6 is 0 Å². The summed E-state index contributed by atoms with van der Waals surface area (Å²) in [6.45, 7) is 4.81. The number of hydrogen-bond donors (Lipinski definition) is 1. The highest BCUT2D eigenvalue weighted by molar-refractivity contribution is 5.38. The predicted molar refractivity (Wildman–Crippen MR) is 63.6 cm³/mol. The molecule has 6 nitrogen and oxygen atoms in total. The lowest BCUT2D eigenvalue weighted by Crippen LogP contribution is -2.07. The molecule has 0 atom stereocenters. The van der Waals surface area contributed by atoms with E-state index in [0.717, 1.165) is 5.82 Å². The summed E-state index contributed by atoms with van der Waals surface area (Å²) in [5.74, 6) is 2.57. The summed E-state index contributed by atoms with van der Waals surface area (Å²) in [6, 6.07) is 1.71. The molecule has 0 bridgehead atoms. The molecule has 0 fully saturated rings. The molecule has 2 heterocycles. The van der Waals surface area contributed by atoms with E-state index in [2.05, 4.69) is 15.0 Å². The molecule has 2 aromatic heterocycles. The van der Waals surface area contributed by atoms with Gasteiger partial charge in [-0.15, -0.1) is 0 Å². The lowest BCUT2D eigenvalue weighted by atomic mass is 10.4. The molecule has 0 saturated carbocycles. The quantitative estimate of drug-likeness (QED) is 0.855. The van der Waals surface area contributed by atoms with E-state index < -0.39 is 0 Å². The van der Waals surface area contributed by atoms with E-state index in [4.69, 9.17) is 10.5 Å². The highest BCUT2D eigenvalue weighted by Gasteiger charge is 2.06. The van der Waals surface area contributed by atoms with Crippen molar-refractivity contribution >= 4 is 5.82 Å². The molecule has 2 rings (SSSR count). The Kier molecular flexibility index (Phi) is 3.34. The number of ether oxygens (including phenoxy) is 1. The van der Waals surface area contributed by atoms with Gasteiger partial charge >= 0.3 is 0 Å². The van der Waals surface area contributed by atoms with Crippen molar-refractivity contribution in [3.05, 3.63) is 30.1 Å². The second-order valence-electron chi connectivity index (χ2n) is 3.55. The molecule has 0 unspecified atom stereocenters. The van der Waals surface area contributed by atoms with Crippen LogP contribution in [0.3, 0.4) is 0 Å². The molecule has 6 heteroatoms. The van der Waals surface area contributed by atoms with Crippen LogP contribution in [0.2, 0.25) is 0 Å². The number of anilines is 1. The Balaban J connectivity index is 2.35. The van der Waals surface area contributed by atoms with Gasteiger partial charge in [0.05, 0.1) is 0 Å². The third-order valence-electron chi connectivity index (χ3n) is 2.29. The minimum absolute atomic E-state index is 0.363. The Labute approximate surface area is 99.5 Å². The Morgan fingerprint density at radius 1 is 1.41 bits per heavy atom. The molecule has 90 valence electrons. The van der Waals surface area contributed by atoms with Crippen LogP contribution in [-0.2, 0) is 11.3 Å². The number of hydrogen-bond acceptors (Lipinski definition) is 5. The van der Waals surface area contributed by atoms with Crippen molar-refractivity contribution in [2.24, 2.45) is 0 Å². The Hall–Kier alpha value is -1.95. The van der Waals surface area contributed by atoms with E-state index in [0.29, 0.717) is 30.7 Å². The monoisotopic (exact) mass is 233 g/mol. The molecule has 0 spiro atoms. The molecule has 0 saturated heterocycles. The van der Waals surface area contributed by atoms with Gasteiger partial charge in [-0.2, -0.15) is 0 Å². The van der Waals surface area contributed by atoms with Crippen LogP contribution in [0, 0.1) is 6.92 Å². The van der Waals surface area contributed by atoms with Crippen molar-refractivity contribution in [1.82, 2.24) is 19.5 Å². The molecule has 0 amide bonds. The average Bonchev–Trinajstić information content (AvgIpc) is 2.72. The Bertz CT molecular complexity index is 508. The normalized spacial score (nSPS) is 10.7. The topological polar surface area (TPSA) is 78.9 Å². The van der Waals surface area contributed by atoms with E-state index in [1.807, 2.05) is 24.6 Å². The van der Waals surface area contributed by atoms with Gasteiger partial charge in [-0.05, 0) is 13.8 Å². The maximum Gasteiger partial charge on any atom is 0.158 e. The van der Waals surface area contributed by atoms with Gasteiger partial charge < -0.3 is 10.5 Å². The summed E-state index contributed by atoms with van der Waals surface area (Å²) >= 11 is 0. The summed E-state index contributed by atoms with van der Waals surface area (Å²) in [4.78, 5) is 12.6. The smallest absolute Gasteiger partial charge is 0.158 e. The maximum atomic E-state index is 5.75.